The Hall–Kier alpha value is -4.05. The number of rotatable bonds is 7. The quantitative estimate of drug-likeness (QED) is 0.355. The summed E-state index contributed by atoms with van der Waals surface area (Å²) >= 11 is 0. The Kier molecular flexibility index (Phi) is 5.35. The third kappa shape index (κ3) is 3.85. The standard InChI is InChI=1S/C23H23N7O3/c1-15(22-27-26-21-5-4-16(14-30(21)22)17-11-25-28(2)13-17)29-7-6-20-19(23(29)31)10-18(12-24-20)33-9-8-32-3/h4-7,10-15H,8-9H2,1-3H3. The number of fused-ring (bicyclic) bond motifs is 2. The van der Waals surface area contributed by atoms with Gasteiger partial charge in [0, 0.05) is 43.9 Å². The fraction of sp³-hybridized carbons (Fsp3) is 0.261. The first-order valence-corrected chi connectivity index (χ1v) is 10.5. The molecular formula is C23H23N7O3. The maximum absolute atomic E-state index is 13.3. The summed E-state index contributed by atoms with van der Waals surface area (Å²) in [5.74, 6) is 1.17. The van der Waals surface area contributed by atoms with E-state index in [4.69, 9.17) is 9.47 Å². The Balaban J connectivity index is 1.54. The highest BCUT2D eigenvalue weighted by Crippen LogP contribution is 2.23. The van der Waals surface area contributed by atoms with Gasteiger partial charge in [-0.25, -0.2) is 0 Å². The van der Waals surface area contributed by atoms with Gasteiger partial charge in [0.15, 0.2) is 11.5 Å². The average molecular weight is 445 g/mol. The Labute approximate surface area is 189 Å². The third-order valence-corrected chi connectivity index (χ3v) is 5.57. The molecule has 5 aromatic heterocycles. The van der Waals surface area contributed by atoms with Gasteiger partial charge in [0.25, 0.3) is 5.56 Å². The summed E-state index contributed by atoms with van der Waals surface area (Å²) in [4.78, 5) is 17.7. The molecule has 0 aliphatic carbocycles. The summed E-state index contributed by atoms with van der Waals surface area (Å²) in [5, 5.41) is 13.4. The van der Waals surface area contributed by atoms with Crippen molar-refractivity contribution in [2.24, 2.45) is 7.05 Å². The zero-order chi connectivity index (χ0) is 22.9. The Bertz CT molecular complexity index is 1500. The van der Waals surface area contributed by atoms with Crippen LogP contribution in [0.25, 0.3) is 27.7 Å². The molecule has 0 spiro atoms. The molecule has 1 unspecified atom stereocenters. The molecule has 33 heavy (non-hydrogen) atoms. The van der Waals surface area contributed by atoms with Gasteiger partial charge in [0.05, 0.1) is 35.9 Å². The van der Waals surface area contributed by atoms with Gasteiger partial charge in [0.1, 0.15) is 12.4 Å². The second-order valence-corrected chi connectivity index (χ2v) is 7.76. The molecule has 1 atom stereocenters. The first kappa shape index (κ1) is 20.8. The molecular weight excluding hydrogens is 422 g/mol. The molecule has 0 radical (unpaired) electrons. The maximum atomic E-state index is 13.3. The van der Waals surface area contributed by atoms with Crippen molar-refractivity contribution in [3.05, 3.63) is 71.4 Å². The number of ether oxygens (including phenoxy) is 2. The molecule has 0 saturated carbocycles. The summed E-state index contributed by atoms with van der Waals surface area (Å²) in [6.07, 6.45) is 9.06. The van der Waals surface area contributed by atoms with E-state index < -0.39 is 0 Å². The zero-order valence-corrected chi connectivity index (χ0v) is 18.5. The van der Waals surface area contributed by atoms with E-state index in [2.05, 4.69) is 20.3 Å². The molecule has 0 aliphatic heterocycles. The van der Waals surface area contributed by atoms with Crippen LogP contribution in [0.2, 0.25) is 0 Å². The van der Waals surface area contributed by atoms with Crippen LogP contribution in [-0.4, -0.2) is 54.3 Å². The van der Waals surface area contributed by atoms with E-state index in [9.17, 15) is 4.79 Å². The number of hydrogen-bond acceptors (Lipinski definition) is 7. The lowest BCUT2D eigenvalue weighted by molar-refractivity contribution is 0.146. The van der Waals surface area contributed by atoms with E-state index in [0.717, 1.165) is 11.1 Å². The van der Waals surface area contributed by atoms with E-state index in [1.165, 1.54) is 0 Å². The van der Waals surface area contributed by atoms with Crippen molar-refractivity contribution in [2.45, 2.75) is 13.0 Å². The fourth-order valence-electron chi connectivity index (χ4n) is 3.80. The normalized spacial score (nSPS) is 12.5. The monoisotopic (exact) mass is 445 g/mol. The van der Waals surface area contributed by atoms with Crippen LogP contribution in [-0.2, 0) is 11.8 Å². The van der Waals surface area contributed by atoms with Crippen LogP contribution in [0.1, 0.15) is 18.8 Å². The molecule has 0 amide bonds. The number of aryl methyl sites for hydroxylation is 1. The maximum Gasteiger partial charge on any atom is 0.260 e. The summed E-state index contributed by atoms with van der Waals surface area (Å²) in [7, 11) is 3.49. The van der Waals surface area contributed by atoms with Gasteiger partial charge in [-0.3, -0.25) is 18.9 Å². The van der Waals surface area contributed by atoms with Crippen molar-refractivity contribution in [3.63, 3.8) is 0 Å². The van der Waals surface area contributed by atoms with Crippen LogP contribution in [0, 0.1) is 0 Å². The van der Waals surface area contributed by atoms with Crippen molar-refractivity contribution in [2.75, 3.05) is 20.3 Å². The number of nitrogens with zero attached hydrogens (tertiary/aromatic N) is 7. The Morgan fingerprint density at radius 1 is 1.06 bits per heavy atom. The molecule has 5 rings (SSSR count). The number of pyridine rings is 3. The lowest BCUT2D eigenvalue weighted by atomic mass is 10.1. The minimum atomic E-state index is -0.362. The van der Waals surface area contributed by atoms with Crippen molar-refractivity contribution < 1.29 is 9.47 Å². The van der Waals surface area contributed by atoms with Crippen molar-refractivity contribution in [1.29, 1.82) is 0 Å². The molecule has 0 aliphatic rings. The Morgan fingerprint density at radius 3 is 2.73 bits per heavy atom. The minimum absolute atomic E-state index is 0.176. The molecule has 0 fully saturated rings. The summed E-state index contributed by atoms with van der Waals surface area (Å²) in [6.45, 7) is 2.76. The highest BCUT2D eigenvalue weighted by atomic mass is 16.5. The Morgan fingerprint density at radius 2 is 1.94 bits per heavy atom. The molecule has 0 N–H and O–H groups in total. The first-order valence-electron chi connectivity index (χ1n) is 10.5. The molecule has 5 aromatic rings. The van der Waals surface area contributed by atoms with E-state index in [0.29, 0.717) is 41.3 Å². The second kappa shape index (κ2) is 8.47. The number of hydrogen-bond donors (Lipinski definition) is 0. The van der Waals surface area contributed by atoms with E-state index in [1.54, 1.807) is 34.8 Å². The summed E-state index contributed by atoms with van der Waals surface area (Å²) in [5.41, 5.74) is 3.10. The lowest BCUT2D eigenvalue weighted by Crippen LogP contribution is -2.25. The van der Waals surface area contributed by atoms with Crippen LogP contribution >= 0.6 is 0 Å². The second-order valence-electron chi connectivity index (χ2n) is 7.76. The zero-order valence-electron chi connectivity index (χ0n) is 18.5. The van der Waals surface area contributed by atoms with Crippen molar-refractivity contribution in [3.8, 4) is 16.9 Å². The van der Waals surface area contributed by atoms with E-state index >= 15 is 0 Å². The molecule has 0 saturated heterocycles. The van der Waals surface area contributed by atoms with Gasteiger partial charge in [0.2, 0.25) is 0 Å². The van der Waals surface area contributed by atoms with Gasteiger partial charge in [-0.15, -0.1) is 10.2 Å². The highest BCUT2D eigenvalue weighted by Gasteiger charge is 2.18. The fourth-order valence-corrected chi connectivity index (χ4v) is 3.80. The molecule has 5 heterocycles. The minimum Gasteiger partial charge on any atom is -0.490 e. The molecule has 168 valence electrons. The van der Waals surface area contributed by atoms with Crippen LogP contribution in [0.4, 0.5) is 0 Å². The van der Waals surface area contributed by atoms with Crippen LogP contribution in [0.5, 0.6) is 5.75 Å². The predicted molar refractivity (Wildman–Crippen MR) is 122 cm³/mol. The van der Waals surface area contributed by atoms with Crippen molar-refractivity contribution >= 4 is 16.6 Å². The van der Waals surface area contributed by atoms with E-state index in [1.807, 2.05) is 55.2 Å². The van der Waals surface area contributed by atoms with Crippen LogP contribution < -0.4 is 10.3 Å². The molecule has 0 bridgehead atoms. The van der Waals surface area contributed by atoms with Gasteiger partial charge >= 0.3 is 0 Å². The summed E-state index contributed by atoms with van der Waals surface area (Å²) < 4.78 is 15.9. The van der Waals surface area contributed by atoms with Crippen LogP contribution in [0.15, 0.2) is 60.0 Å². The SMILES string of the molecule is COCCOc1cnc2ccn(C(C)c3nnc4ccc(-c5cnn(C)c5)cn34)c(=O)c2c1. The third-order valence-electron chi connectivity index (χ3n) is 5.57. The van der Waals surface area contributed by atoms with Crippen molar-refractivity contribution in [1.82, 2.24) is 33.9 Å². The van der Waals surface area contributed by atoms with Gasteiger partial charge in [-0.05, 0) is 31.2 Å². The molecule has 10 heteroatoms. The van der Waals surface area contributed by atoms with Gasteiger partial charge in [-0.2, -0.15) is 5.10 Å². The topological polar surface area (TPSA) is 101 Å². The average Bonchev–Trinajstić information content (AvgIpc) is 3.45. The van der Waals surface area contributed by atoms with Crippen LogP contribution in [0.3, 0.4) is 0 Å². The number of methoxy groups -OCH3 is 1. The molecule has 10 nitrogen and oxygen atoms in total. The largest absolute Gasteiger partial charge is 0.490 e. The summed E-state index contributed by atoms with van der Waals surface area (Å²) in [6, 6.07) is 7.05. The highest BCUT2D eigenvalue weighted by molar-refractivity contribution is 5.78. The van der Waals surface area contributed by atoms with Gasteiger partial charge in [-0.1, -0.05) is 0 Å². The lowest BCUT2D eigenvalue weighted by Gasteiger charge is -2.15. The number of aromatic nitrogens is 7. The first-order chi connectivity index (χ1) is 16.0. The van der Waals surface area contributed by atoms with E-state index in [-0.39, 0.29) is 11.6 Å². The smallest absolute Gasteiger partial charge is 0.260 e. The van der Waals surface area contributed by atoms with Gasteiger partial charge < -0.3 is 14.0 Å². The predicted octanol–water partition coefficient (Wildman–Crippen LogP) is 2.47. The molecule has 0 aromatic carbocycles.